The number of fused-ring (bicyclic) bond motifs is 1. The molecule has 0 atom stereocenters. The van der Waals surface area contributed by atoms with E-state index in [1.165, 1.54) is 25.3 Å². The molecule has 0 bridgehead atoms. The fraction of sp³-hybridized carbons (Fsp3) is 0.0909. The predicted molar refractivity (Wildman–Crippen MR) is 109 cm³/mol. The monoisotopic (exact) mass is 421 g/mol. The lowest BCUT2D eigenvalue weighted by Gasteiger charge is -2.26. The highest BCUT2D eigenvalue weighted by molar-refractivity contribution is 6.39. The third-order valence-corrected chi connectivity index (χ3v) is 4.83. The normalized spacial score (nSPS) is 15.5. The summed E-state index contributed by atoms with van der Waals surface area (Å²) in [6.07, 6.45) is 2.98. The molecule has 0 saturated carbocycles. The van der Waals surface area contributed by atoms with Crippen molar-refractivity contribution >= 4 is 46.5 Å². The first-order valence-corrected chi connectivity index (χ1v) is 9.21. The van der Waals surface area contributed by atoms with Gasteiger partial charge in [-0.15, -0.1) is 0 Å². The molecule has 3 aromatic rings. The minimum atomic E-state index is -0.924. The second kappa shape index (κ2) is 7.86. The molecule has 1 saturated heterocycles. The van der Waals surface area contributed by atoms with Crippen LogP contribution in [0.5, 0.6) is 0 Å². The highest BCUT2D eigenvalue weighted by atomic mass is 19.1. The summed E-state index contributed by atoms with van der Waals surface area (Å²) in [5.74, 6) is -2.68. The Hall–Kier alpha value is -4.27. The third kappa shape index (κ3) is 3.68. The minimum Gasteiger partial charge on any atom is -0.468 e. The average Bonchev–Trinajstić information content (AvgIpc) is 3.09. The number of nitrogens with one attached hydrogen (secondary N) is 1. The molecule has 0 unspecified atom stereocenters. The molecule has 0 radical (unpaired) electrons. The lowest BCUT2D eigenvalue weighted by molar-refractivity contribution is -0.141. The first-order chi connectivity index (χ1) is 14.9. The average molecular weight is 421 g/mol. The summed E-state index contributed by atoms with van der Waals surface area (Å²) in [4.78, 5) is 50.2. The number of barbiturate groups is 1. The van der Waals surface area contributed by atoms with Gasteiger partial charge in [0.2, 0.25) is 0 Å². The van der Waals surface area contributed by atoms with Crippen molar-refractivity contribution in [2.45, 2.75) is 6.54 Å². The van der Waals surface area contributed by atoms with Crippen molar-refractivity contribution in [2.75, 3.05) is 12.0 Å². The number of nitrogens with zero attached hydrogens (tertiary/aromatic N) is 2. The molecule has 1 N–H and O–H groups in total. The van der Waals surface area contributed by atoms with Crippen LogP contribution >= 0.6 is 0 Å². The predicted octanol–water partition coefficient (Wildman–Crippen LogP) is 2.62. The highest BCUT2D eigenvalue weighted by Gasteiger charge is 2.37. The number of para-hydroxylation sites is 1. The Bertz CT molecular complexity index is 1260. The molecule has 156 valence electrons. The Balaban J connectivity index is 1.78. The van der Waals surface area contributed by atoms with Gasteiger partial charge in [-0.3, -0.25) is 19.7 Å². The van der Waals surface area contributed by atoms with Gasteiger partial charge in [-0.1, -0.05) is 18.2 Å². The molecule has 2 aromatic carbocycles. The molecule has 4 rings (SSSR count). The van der Waals surface area contributed by atoms with E-state index in [4.69, 9.17) is 4.74 Å². The van der Waals surface area contributed by atoms with Crippen LogP contribution in [0.3, 0.4) is 0 Å². The maximum atomic E-state index is 13.2. The summed E-state index contributed by atoms with van der Waals surface area (Å²) in [6, 6.07) is 11.0. The molecular weight excluding hydrogens is 405 g/mol. The standard InChI is InChI=1S/C22H16FN3O5/c1-31-19(27)12-25-11-13(16-4-2-3-5-18(16)25)10-17-20(28)24-22(30)26(21(17)29)15-8-6-14(23)7-9-15/h2-11H,12H2,1H3,(H,24,28,30). The number of aromatic nitrogens is 1. The van der Waals surface area contributed by atoms with Gasteiger partial charge in [-0.05, 0) is 36.4 Å². The number of imide groups is 2. The van der Waals surface area contributed by atoms with Crippen LogP contribution in [0.4, 0.5) is 14.9 Å². The topological polar surface area (TPSA) is 97.7 Å². The van der Waals surface area contributed by atoms with Gasteiger partial charge < -0.3 is 9.30 Å². The molecule has 9 heteroatoms. The Morgan fingerprint density at radius 2 is 1.81 bits per heavy atom. The van der Waals surface area contributed by atoms with Crippen molar-refractivity contribution < 1.29 is 28.3 Å². The Kier molecular flexibility index (Phi) is 5.08. The van der Waals surface area contributed by atoms with Crippen LogP contribution in [0, 0.1) is 5.82 Å². The van der Waals surface area contributed by atoms with Gasteiger partial charge in [0, 0.05) is 22.7 Å². The molecule has 1 aliphatic rings. The number of benzene rings is 2. The number of carbonyl (C=O) groups excluding carboxylic acids is 4. The van der Waals surface area contributed by atoms with Gasteiger partial charge in [-0.2, -0.15) is 0 Å². The maximum absolute atomic E-state index is 13.2. The van der Waals surface area contributed by atoms with E-state index in [9.17, 15) is 23.6 Å². The molecular formula is C22H16FN3O5. The van der Waals surface area contributed by atoms with E-state index >= 15 is 0 Å². The van der Waals surface area contributed by atoms with E-state index < -0.39 is 29.6 Å². The van der Waals surface area contributed by atoms with Gasteiger partial charge in [0.1, 0.15) is 17.9 Å². The SMILES string of the molecule is COC(=O)Cn1cc(C=C2C(=O)NC(=O)N(c3ccc(F)cc3)C2=O)c2ccccc21. The van der Waals surface area contributed by atoms with Crippen molar-refractivity contribution in [2.24, 2.45) is 0 Å². The highest BCUT2D eigenvalue weighted by Crippen LogP contribution is 2.26. The minimum absolute atomic E-state index is 0.0550. The molecule has 31 heavy (non-hydrogen) atoms. The molecule has 0 aliphatic carbocycles. The summed E-state index contributed by atoms with van der Waals surface area (Å²) in [5, 5.41) is 2.82. The summed E-state index contributed by atoms with van der Waals surface area (Å²) in [7, 11) is 1.28. The lowest BCUT2D eigenvalue weighted by atomic mass is 10.1. The lowest BCUT2D eigenvalue weighted by Crippen LogP contribution is -2.54. The Labute approximate surface area is 175 Å². The zero-order valence-electron chi connectivity index (χ0n) is 16.3. The molecule has 4 amide bonds. The fourth-order valence-electron chi connectivity index (χ4n) is 3.36. The smallest absolute Gasteiger partial charge is 0.335 e. The van der Waals surface area contributed by atoms with Gasteiger partial charge in [-0.25, -0.2) is 14.1 Å². The summed E-state index contributed by atoms with van der Waals surface area (Å²) in [6.45, 7) is -0.0550. The van der Waals surface area contributed by atoms with Crippen LogP contribution in [0.2, 0.25) is 0 Å². The number of methoxy groups -OCH3 is 1. The van der Waals surface area contributed by atoms with E-state index in [2.05, 4.69) is 5.32 Å². The van der Waals surface area contributed by atoms with E-state index in [-0.39, 0.29) is 17.8 Å². The van der Waals surface area contributed by atoms with Crippen molar-refractivity contribution in [3.63, 3.8) is 0 Å². The summed E-state index contributed by atoms with van der Waals surface area (Å²) >= 11 is 0. The van der Waals surface area contributed by atoms with E-state index in [0.29, 0.717) is 16.5 Å². The third-order valence-electron chi connectivity index (χ3n) is 4.83. The number of ether oxygens (including phenoxy) is 1. The summed E-state index contributed by atoms with van der Waals surface area (Å²) < 4.78 is 19.6. The van der Waals surface area contributed by atoms with Crippen molar-refractivity contribution in [3.05, 3.63) is 71.7 Å². The van der Waals surface area contributed by atoms with Crippen molar-refractivity contribution in [1.29, 1.82) is 0 Å². The molecule has 8 nitrogen and oxygen atoms in total. The number of hydrogen-bond acceptors (Lipinski definition) is 5. The number of anilines is 1. The number of amides is 4. The number of esters is 1. The van der Waals surface area contributed by atoms with Gasteiger partial charge in [0.25, 0.3) is 11.8 Å². The van der Waals surface area contributed by atoms with Crippen LogP contribution in [0.1, 0.15) is 5.56 Å². The number of hydrogen-bond donors (Lipinski definition) is 1. The van der Waals surface area contributed by atoms with Crippen LogP contribution < -0.4 is 10.2 Å². The van der Waals surface area contributed by atoms with Crippen molar-refractivity contribution in [1.82, 2.24) is 9.88 Å². The van der Waals surface area contributed by atoms with Crippen LogP contribution in [0.15, 0.2) is 60.3 Å². The summed E-state index contributed by atoms with van der Waals surface area (Å²) in [5.41, 5.74) is 1.06. The first-order valence-electron chi connectivity index (χ1n) is 9.21. The zero-order valence-corrected chi connectivity index (χ0v) is 16.3. The molecule has 1 aliphatic heterocycles. The van der Waals surface area contributed by atoms with Crippen LogP contribution in [0.25, 0.3) is 17.0 Å². The fourth-order valence-corrected chi connectivity index (χ4v) is 3.36. The van der Waals surface area contributed by atoms with Gasteiger partial charge >= 0.3 is 12.0 Å². The second-order valence-electron chi connectivity index (χ2n) is 6.74. The van der Waals surface area contributed by atoms with Crippen molar-refractivity contribution in [3.8, 4) is 0 Å². The molecule has 1 fully saturated rings. The second-order valence-corrected chi connectivity index (χ2v) is 6.74. The zero-order chi connectivity index (χ0) is 22.1. The molecule has 2 heterocycles. The van der Waals surface area contributed by atoms with Crippen LogP contribution in [-0.2, 0) is 25.7 Å². The van der Waals surface area contributed by atoms with E-state index in [0.717, 1.165) is 17.0 Å². The maximum Gasteiger partial charge on any atom is 0.335 e. The van der Waals surface area contributed by atoms with Gasteiger partial charge in [0.15, 0.2) is 0 Å². The molecule has 0 spiro atoms. The number of halogens is 1. The first kappa shape index (κ1) is 20.0. The van der Waals surface area contributed by atoms with Crippen LogP contribution in [-0.4, -0.2) is 35.5 Å². The van der Waals surface area contributed by atoms with E-state index in [1.807, 2.05) is 0 Å². The van der Waals surface area contributed by atoms with Gasteiger partial charge in [0.05, 0.1) is 12.8 Å². The molecule has 1 aromatic heterocycles. The number of urea groups is 1. The Morgan fingerprint density at radius 1 is 1.10 bits per heavy atom. The largest absolute Gasteiger partial charge is 0.468 e. The van der Waals surface area contributed by atoms with E-state index in [1.54, 1.807) is 35.0 Å². The number of rotatable bonds is 4. The quantitative estimate of drug-likeness (QED) is 0.397. The Morgan fingerprint density at radius 3 is 2.52 bits per heavy atom. The number of carbonyl (C=O) groups is 4.